The fourth-order valence-corrected chi connectivity index (χ4v) is 4.10. The molecule has 2 saturated carbocycles. The Labute approximate surface area is 97.8 Å². The van der Waals surface area contributed by atoms with E-state index >= 15 is 0 Å². The van der Waals surface area contributed by atoms with Gasteiger partial charge in [0.05, 0.1) is 0 Å². The molecule has 0 radical (unpaired) electrons. The van der Waals surface area contributed by atoms with Crippen LogP contribution in [-0.2, 0) is 9.59 Å². The minimum absolute atomic E-state index is 0.110. The van der Waals surface area contributed by atoms with Gasteiger partial charge in [0.25, 0.3) is 0 Å². The van der Waals surface area contributed by atoms with Crippen LogP contribution in [-0.4, -0.2) is 11.6 Å². The number of hydrogen-bond donors (Lipinski definition) is 0. The lowest BCUT2D eigenvalue weighted by molar-refractivity contribution is -0.168. The third kappa shape index (κ3) is 1.25. The minimum atomic E-state index is -0.313. The highest BCUT2D eigenvalue weighted by molar-refractivity contribution is 5.92. The van der Waals surface area contributed by atoms with Crippen LogP contribution in [0.2, 0.25) is 0 Å². The van der Waals surface area contributed by atoms with Gasteiger partial charge in [-0.3, -0.25) is 9.59 Å². The molecule has 0 heterocycles. The lowest BCUT2D eigenvalue weighted by Crippen LogP contribution is -2.59. The highest BCUT2D eigenvalue weighted by Gasteiger charge is 2.62. The first-order valence-electron chi connectivity index (χ1n) is 6.28. The first kappa shape index (κ1) is 11.8. The van der Waals surface area contributed by atoms with Crippen LogP contribution in [0.4, 0.5) is 0 Å². The van der Waals surface area contributed by atoms with Crippen LogP contribution in [0.3, 0.4) is 0 Å². The predicted octanol–water partition coefficient (Wildman–Crippen LogP) is 3.14. The summed E-state index contributed by atoms with van der Waals surface area (Å²) in [6, 6.07) is 0. The highest BCUT2D eigenvalue weighted by Crippen LogP contribution is 2.63. The summed E-state index contributed by atoms with van der Waals surface area (Å²) in [7, 11) is 0. The topological polar surface area (TPSA) is 34.1 Å². The van der Waals surface area contributed by atoms with Gasteiger partial charge in [0, 0.05) is 24.7 Å². The van der Waals surface area contributed by atoms with E-state index < -0.39 is 0 Å². The summed E-state index contributed by atoms with van der Waals surface area (Å²) in [4.78, 5) is 24.2. The Bertz CT molecular complexity index is 356. The fraction of sp³-hybridized carbons (Fsp3) is 0.857. The molecule has 0 aromatic heterocycles. The van der Waals surface area contributed by atoms with Gasteiger partial charge in [0.1, 0.15) is 11.6 Å². The highest BCUT2D eigenvalue weighted by atomic mass is 16.1. The maximum absolute atomic E-state index is 12.4. The van der Waals surface area contributed by atoms with E-state index in [2.05, 4.69) is 27.7 Å². The number of ketones is 2. The molecular formula is C14H22O2. The molecule has 2 fully saturated rings. The van der Waals surface area contributed by atoms with E-state index in [1.807, 2.05) is 0 Å². The van der Waals surface area contributed by atoms with Crippen molar-refractivity contribution >= 4 is 11.6 Å². The van der Waals surface area contributed by atoms with Crippen molar-refractivity contribution in [3.05, 3.63) is 0 Å². The second-order valence-corrected chi connectivity index (χ2v) is 6.74. The molecule has 0 N–H and O–H groups in total. The fourth-order valence-electron chi connectivity index (χ4n) is 4.10. The van der Waals surface area contributed by atoms with E-state index in [9.17, 15) is 9.59 Å². The van der Waals surface area contributed by atoms with E-state index in [4.69, 9.17) is 0 Å². The Morgan fingerprint density at radius 2 is 1.62 bits per heavy atom. The number of rotatable bonds is 0. The Balaban J connectivity index is 2.54. The number of fused-ring (bicyclic) bond motifs is 1. The lowest BCUT2D eigenvalue weighted by atomic mass is 9.42. The van der Waals surface area contributed by atoms with Gasteiger partial charge >= 0.3 is 0 Å². The van der Waals surface area contributed by atoms with E-state index in [0.717, 1.165) is 12.8 Å². The van der Waals surface area contributed by atoms with E-state index in [0.29, 0.717) is 30.8 Å². The molecule has 0 saturated heterocycles. The van der Waals surface area contributed by atoms with Crippen LogP contribution in [0.25, 0.3) is 0 Å². The van der Waals surface area contributed by atoms with Gasteiger partial charge in [0.2, 0.25) is 0 Å². The molecule has 0 amide bonds. The van der Waals surface area contributed by atoms with Crippen molar-refractivity contribution in [3.8, 4) is 0 Å². The minimum Gasteiger partial charge on any atom is -0.300 e. The smallest absolute Gasteiger partial charge is 0.139 e. The standard InChI is InChI=1S/C14H22O2/c1-12(2)8-10(15)9-13(3)7-5-6-11(16)14(12,13)4/h5-9H2,1-4H3/t13-,14+/m0/s1. The lowest BCUT2D eigenvalue weighted by Gasteiger charge is -2.59. The number of carbonyl (C=O) groups excluding carboxylic acids is 2. The third-order valence-corrected chi connectivity index (χ3v) is 5.48. The predicted molar refractivity (Wildman–Crippen MR) is 63.1 cm³/mol. The zero-order valence-electron chi connectivity index (χ0n) is 10.9. The van der Waals surface area contributed by atoms with Crippen molar-refractivity contribution in [1.82, 2.24) is 0 Å². The average Bonchev–Trinajstić information content (AvgIpc) is 2.10. The van der Waals surface area contributed by atoms with Crippen molar-refractivity contribution in [3.63, 3.8) is 0 Å². The molecule has 90 valence electrons. The quantitative estimate of drug-likeness (QED) is 0.631. The molecule has 0 aromatic carbocycles. The zero-order valence-corrected chi connectivity index (χ0v) is 10.9. The van der Waals surface area contributed by atoms with Gasteiger partial charge < -0.3 is 0 Å². The van der Waals surface area contributed by atoms with Gasteiger partial charge in [-0.1, -0.05) is 27.7 Å². The number of Topliss-reactive ketones (excluding diaryl/α,β-unsaturated/α-hetero) is 2. The van der Waals surface area contributed by atoms with Crippen molar-refractivity contribution in [2.45, 2.75) is 59.8 Å². The van der Waals surface area contributed by atoms with E-state index in [1.165, 1.54) is 0 Å². The maximum Gasteiger partial charge on any atom is 0.139 e. The summed E-state index contributed by atoms with van der Waals surface area (Å²) in [5.74, 6) is 0.707. The summed E-state index contributed by atoms with van der Waals surface area (Å²) in [5, 5.41) is 0. The Kier molecular flexibility index (Phi) is 2.35. The van der Waals surface area contributed by atoms with Crippen molar-refractivity contribution in [1.29, 1.82) is 0 Å². The molecule has 2 atom stereocenters. The summed E-state index contributed by atoms with van der Waals surface area (Å²) < 4.78 is 0. The molecule has 0 spiro atoms. The van der Waals surface area contributed by atoms with Crippen molar-refractivity contribution in [2.75, 3.05) is 0 Å². The zero-order chi connectivity index (χ0) is 12.2. The molecule has 0 aliphatic heterocycles. The Morgan fingerprint density at radius 1 is 1.00 bits per heavy atom. The van der Waals surface area contributed by atoms with Crippen LogP contribution in [0, 0.1) is 16.2 Å². The third-order valence-electron chi connectivity index (χ3n) is 5.48. The first-order valence-corrected chi connectivity index (χ1v) is 6.28. The molecule has 2 rings (SSSR count). The molecular weight excluding hydrogens is 200 g/mol. The van der Waals surface area contributed by atoms with Gasteiger partial charge in [-0.2, -0.15) is 0 Å². The summed E-state index contributed by atoms with van der Waals surface area (Å²) in [5.41, 5.74) is -0.609. The number of hydrogen-bond acceptors (Lipinski definition) is 2. The second kappa shape index (κ2) is 3.18. The maximum atomic E-state index is 12.4. The van der Waals surface area contributed by atoms with E-state index in [1.54, 1.807) is 0 Å². The molecule has 16 heavy (non-hydrogen) atoms. The largest absolute Gasteiger partial charge is 0.300 e. The van der Waals surface area contributed by atoms with Crippen molar-refractivity contribution in [2.24, 2.45) is 16.2 Å². The monoisotopic (exact) mass is 222 g/mol. The van der Waals surface area contributed by atoms with Crippen LogP contribution >= 0.6 is 0 Å². The van der Waals surface area contributed by atoms with Crippen LogP contribution in [0.15, 0.2) is 0 Å². The first-order chi connectivity index (χ1) is 7.23. The summed E-state index contributed by atoms with van der Waals surface area (Å²) >= 11 is 0. The van der Waals surface area contributed by atoms with Gasteiger partial charge in [-0.05, 0) is 23.7 Å². The van der Waals surface area contributed by atoms with E-state index in [-0.39, 0.29) is 16.2 Å². The number of carbonyl (C=O) groups is 2. The van der Waals surface area contributed by atoms with Crippen molar-refractivity contribution < 1.29 is 9.59 Å². The molecule has 0 aromatic rings. The van der Waals surface area contributed by atoms with Gasteiger partial charge in [0.15, 0.2) is 0 Å². The molecule has 2 aliphatic rings. The molecule has 2 nitrogen and oxygen atoms in total. The Morgan fingerprint density at radius 3 is 2.25 bits per heavy atom. The molecule has 0 unspecified atom stereocenters. The molecule has 0 bridgehead atoms. The summed E-state index contributed by atoms with van der Waals surface area (Å²) in [6.45, 7) is 8.42. The SMILES string of the molecule is CC1(C)CC(=O)C[C@]2(C)CCCC(=O)[C@]12C. The second-order valence-electron chi connectivity index (χ2n) is 6.74. The normalized spacial score (nSPS) is 43.0. The summed E-state index contributed by atoms with van der Waals surface area (Å²) in [6.07, 6.45) is 3.83. The average molecular weight is 222 g/mol. The Hall–Kier alpha value is -0.660. The van der Waals surface area contributed by atoms with Gasteiger partial charge in [-0.15, -0.1) is 0 Å². The van der Waals surface area contributed by atoms with Crippen LogP contribution in [0.1, 0.15) is 59.8 Å². The van der Waals surface area contributed by atoms with Gasteiger partial charge in [-0.25, -0.2) is 0 Å². The molecule has 2 heteroatoms. The van der Waals surface area contributed by atoms with Crippen LogP contribution in [0.5, 0.6) is 0 Å². The van der Waals surface area contributed by atoms with Crippen LogP contribution < -0.4 is 0 Å². The molecule has 2 aliphatic carbocycles.